The molecule has 3 aliphatic heterocycles. The van der Waals surface area contributed by atoms with Crippen molar-refractivity contribution in [1.82, 2.24) is 19.7 Å². The number of hydrogen-bond donors (Lipinski definition) is 1. The molecule has 0 aliphatic carbocycles. The predicted octanol–water partition coefficient (Wildman–Crippen LogP) is 3.21. The van der Waals surface area contributed by atoms with E-state index in [1.807, 2.05) is 47.3 Å². The van der Waals surface area contributed by atoms with Crippen molar-refractivity contribution < 1.29 is 9.59 Å². The van der Waals surface area contributed by atoms with Crippen molar-refractivity contribution in [3.8, 4) is 0 Å². The van der Waals surface area contributed by atoms with E-state index in [0.29, 0.717) is 11.8 Å². The van der Waals surface area contributed by atoms with Gasteiger partial charge >= 0.3 is 0 Å². The van der Waals surface area contributed by atoms with Crippen LogP contribution in [0, 0.1) is 16.7 Å². The highest BCUT2D eigenvalue weighted by atomic mass is 16.2. The van der Waals surface area contributed by atoms with Gasteiger partial charge in [0.25, 0.3) is 5.91 Å². The molecule has 1 atom stereocenters. The molecule has 1 unspecified atom stereocenters. The van der Waals surface area contributed by atoms with Crippen LogP contribution in [0.3, 0.4) is 0 Å². The molecule has 5 rings (SSSR count). The maximum absolute atomic E-state index is 13.4. The SMILES string of the molecule is CC(C)CN1CC2(CCN(C(=O)c3ccc4[nH]ccc4c3)CC2)C2(CCN(C)C2=O)C1. The number of H-pyrrole nitrogens is 1. The smallest absolute Gasteiger partial charge is 0.253 e. The summed E-state index contributed by atoms with van der Waals surface area (Å²) in [6.07, 6.45) is 4.69. The van der Waals surface area contributed by atoms with Crippen LogP contribution in [0.1, 0.15) is 43.5 Å². The number of nitrogens with zero attached hydrogens (tertiary/aromatic N) is 3. The van der Waals surface area contributed by atoms with Crippen molar-refractivity contribution in [3.05, 3.63) is 36.0 Å². The molecule has 6 heteroatoms. The van der Waals surface area contributed by atoms with Gasteiger partial charge in [0, 0.05) is 74.4 Å². The van der Waals surface area contributed by atoms with Gasteiger partial charge in [0.2, 0.25) is 5.91 Å². The van der Waals surface area contributed by atoms with Crippen LogP contribution in [0.5, 0.6) is 0 Å². The number of aromatic nitrogens is 1. The largest absolute Gasteiger partial charge is 0.361 e. The molecule has 3 fully saturated rings. The van der Waals surface area contributed by atoms with E-state index in [1.54, 1.807) is 0 Å². The van der Waals surface area contributed by atoms with Crippen LogP contribution in [-0.4, -0.2) is 77.8 Å². The Morgan fingerprint density at radius 2 is 1.87 bits per heavy atom. The van der Waals surface area contributed by atoms with Gasteiger partial charge in [0.1, 0.15) is 0 Å². The summed E-state index contributed by atoms with van der Waals surface area (Å²) in [6.45, 7) is 9.74. The van der Waals surface area contributed by atoms with Gasteiger partial charge in [0.05, 0.1) is 5.41 Å². The van der Waals surface area contributed by atoms with E-state index < -0.39 is 0 Å². The number of benzene rings is 1. The minimum atomic E-state index is -0.268. The van der Waals surface area contributed by atoms with Crippen LogP contribution in [0.2, 0.25) is 0 Å². The Kier molecular flexibility index (Phi) is 4.88. The van der Waals surface area contributed by atoms with E-state index in [9.17, 15) is 9.59 Å². The predicted molar refractivity (Wildman–Crippen MR) is 122 cm³/mol. The van der Waals surface area contributed by atoms with Crippen LogP contribution < -0.4 is 0 Å². The zero-order valence-corrected chi connectivity index (χ0v) is 19.0. The van der Waals surface area contributed by atoms with Gasteiger partial charge in [-0.25, -0.2) is 0 Å². The van der Waals surface area contributed by atoms with Crippen molar-refractivity contribution in [2.45, 2.75) is 33.1 Å². The average molecular weight is 423 g/mol. The molecule has 2 aromatic rings. The molecular formula is C25H34N4O2. The van der Waals surface area contributed by atoms with Gasteiger partial charge in [-0.15, -0.1) is 0 Å². The highest BCUT2D eigenvalue weighted by Crippen LogP contribution is 2.57. The highest BCUT2D eigenvalue weighted by molar-refractivity contribution is 5.98. The van der Waals surface area contributed by atoms with Crippen molar-refractivity contribution in [3.63, 3.8) is 0 Å². The van der Waals surface area contributed by atoms with Gasteiger partial charge in [0.15, 0.2) is 0 Å². The maximum atomic E-state index is 13.4. The second kappa shape index (κ2) is 7.37. The molecule has 3 aliphatic rings. The van der Waals surface area contributed by atoms with Gasteiger partial charge < -0.3 is 19.7 Å². The molecule has 0 bridgehead atoms. The normalized spacial score (nSPS) is 26.3. The van der Waals surface area contributed by atoms with Gasteiger partial charge in [-0.2, -0.15) is 0 Å². The Bertz CT molecular complexity index is 1000. The summed E-state index contributed by atoms with van der Waals surface area (Å²) in [5, 5.41) is 1.07. The molecule has 0 radical (unpaired) electrons. The lowest BCUT2D eigenvalue weighted by atomic mass is 9.60. The van der Waals surface area contributed by atoms with Crippen LogP contribution in [0.15, 0.2) is 30.5 Å². The standard InChI is InChI=1S/C25H34N4O2/c1-18(2)15-28-16-24(25(17-28)9-11-27(3)23(25)31)7-12-29(13-8-24)22(30)20-4-5-21-19(14-20)6-10-26-21/h4-6,10,14,18,26H,7-9,11-13,15-17H2,1-3H3. The number of amides is 2. The monoisotopic (exact) mass is 422 g/mol. The first-order valence-corrected chi connectivity index (χ1v) is 11.7. The number of carbonyl (C=O) groups excluding carboxylic acids is 2. The lowest BCUT2D eigenvalue weighted by Crippen LogP contribution is -2.53. The number of likely N-dealkylation sites (tertiary alicyclic amines) is 3. The van der Waals surface area contributed by atoms with Crippen molar-refractivity contribution in [2.75, 3.05) is 46.3 Å². The summed E-state index contributed by atoms with van der Waals surface area (Å²) >= 11 is 0. The Morgan fingerprint density at radius 3 is 2.55 bits per heavy atom. The number of aromatic amines is 1. The molecule has 1 N–H and O–H groups in total. The fraction of sp³-hybridized carbons (Fsp3) is 0.600. The van der Waals surface area contributed by atoms with Gasteiger partial charge in [-0.1, -0.05) is 13.8 Å². The van der Waals surface area contributed by atoms with E-state index in [4.69, 9.17) is 0 Å². The maximum Gasteiger partial charge on any atom is 0.253 e. The number of hydrogen-bond acceptors (Lipinski definition) is 3. The fourth-order valence-corrected chi connectivity index (χ4v) is 6.54. The quantitative estimate of drug-likeness (QED) is 0.826. The van der Waals surface area contributed by atoms with E-state index in [2.05, 4.69) is 23.7 Å². The topological polar surface area (TPSA) is 59.7 Å². The molecule has 2 spiro atoms. The second-order valence-electron chi connectivity index (χ2n) is 10.5. The summed E-state index contributed by atoms with van der Waals surface area (Å²) in [4.78, 5) is 36.3. The molecule has 2 amide bonds. The molecule has 6 nitrogen and oxygen atoms in total. The van der Waals surface area contributed by atoms with Gasteiger partial charge in [-0.05, 0) is 49.4 Å². The third-order valence-corrected chi connectivity index (χ3v) is 8.10. The van der Waals surface area contributed by atoms with Gasteiger partial charge in [-0.3, -0.25) is 9.59 Å². The highest BCUT2D eigenvalue weighted by Gasteiger charge is 2.64. The first kappa shape index (κ1) is 20.6. The van der Waals surface area contributed by atoms with Crippen LogP contribution in [0.4, 0.5) is 0 Å². The van der Waals surface area contributed by atoms with E-state index in [-0.39, 0.29) is 16.7 Å². The minimum Gasteiger partial charge on any atom is -0.361 e. The Balaban J connectivity index is 1.36. The second-order valence-corrected chi connectivity index (χ2v) is 10.5. The number of carbonyl (C=O) groups is 2. The molecule has 166 valence electrons. The zero-order chi connectivity index (χ0) is 21.8. The zero-order valence-electron chi connectivity index (χ0n) is 19.0. The molecule has 4 heterocycles. The minimum absolute atomic E-state index is 0.00882. The Hall–Kier alpha value is -2.34. The number of fused-ring (bicyclic) bond motifs is 2. The number of piperidine rings is 1. The van der Waals surface area contributed by atoms with E-state index in [0.717, 1.165) is 75.0 Å². The first-order valence-electron chi connectivity index (χ1n) is 11.7. The first-order chi connectivity index (χ1) is 14.8. The molecule has 3 saturated heterocycles. The van der Waals surface area contributed by atoms with E-state index >= 15 is 0 Å². The van der Waals surface area contributed by atoms with Crippen molar-refractivity contribution in [2.24, 2.45) is 16.7 Å². The van der Waals surface area contributed by atoms with E-state index in [1.165, 1.54) is 0 Å². The van der Waals surface area contributed by atoms with Crippen molar-refractivity contribution >= 4 is 22.7 Å². The summed E-state index contributed by atoms with van der Waals surface area (Å²) in [6, 6.07) is 7.89. The summed E-state index contributed by atoms with van der Waals surface area (Å²) in [7, 11) is 1.95. The van der Waals surface area contributed by atoms with Crippen LogP contribution in [0.25, 0.3) is 10.9 Å². The lowest BCUT2D eigenvalue weighted by molar-refractivity contribution is -0.141. The summed E-state index contributed by atoms with van der Waals surface area (Å²) < 4.78 is 0. The van der Waals surface area contributed by atoms with Crippen molar-refractivity contribution in [1.29, 1.82) is 0 Å². The number of rotatable bonds is 3. The molecular weight excluding hydrogens is 388 g/mol. The van der Waals surface area contributed by atoms with Crippen LogP contribution >= 0.6 is 0 Å². The lowest BCUT2D eigenvalue weighted by Gasteiger charge is -2.47. The fourth-order valence-electron chi connectivity index (χ4n) is 6.54. The molecule has 1 aromatic heterocycles. The number of nitrogens with one attached hydrogen (secondary N) is 1. The summed E-state index contributed by atoms with van der Waals surface area (Å²) in [5.41, 5.74) is 1.53. The molecule has 0 saturated carbocycles. The third-order valence-electron chi connectivity index (χ3n) is 8.10. The Morgan fingerprint density at radius 1 is 1.10 bits per heavy atom. The Labute approximate surface area is 184 Å². The summed E-state index contributed by atoms with van der Waals surface area (Å²) in [5.74, 6) is 1.03. The molecule has 1 aromatic carbocycles. The molecule has 31 heavy (non-hydrogen) atoms. The average Bonchev–Trinajstić information content (AvgIpc) is 3.41. The van der Waals surface area contributed by atoms with Crippen LogP contribution in [-0.2, 0) is 4.79 Å². The third kappa shape index (κ3) is 3.18.